The van der Waals surface area contributed by atoms with E-state index >= 15 is 0 Å². The van der Waals surface area contributed by atoms with Gasteiger partial charge in [0, 0.05) is 29.9 Å². The number of carbonyl (C=O) groups is 6. The molecule has 2 spiro atoms. The first kappa shape index (κ1) is 45.5. The van der Waals surface area contributed by atoms with E-state index in [2.05, 4.69) is 59.4 Å². The second-order valence-corrected chi connectivity index (χ2v) is 19.7. The largest absolute Gasteiger partial charge is 0.465 e. The zero-order chi connectivity index (χ0) is 47.1. The Morgan fingerprint density at radius 1 is 0.582 bits per heavy atom. The Balaban J connectivity index is 0.987. The monoisotopic (exact) mass is 908 g/mol. The topological polar surface area (TPSA) is 197 Å². The van der Waals surface area contributed by atoms with Gasteiger partial charge in [0.2, 0.25) is 11.8 Å². The van der Waals surface area contributed by atoms with Gasteiger partial charge in [0.1, 0.15) is 24.2 Å². The number of amides is 6. The van der Waals surface area contributed by atoms with Gasteiger partial charge < -0.3 is 41.3 Å². The molecule has 67 heavy (non-hydrogen) atoms. The fourth-order valence-corrected chi connectivity index (χ4v) is 11.3. The number of carboxylic acid groups (broad SMARTS) is 2. The van der Waals surface area contributed by atoms with Crippen LogP contribution in [0.3, 0.4) is 0 Å². The van der Waals surface area contributed by atoms with Crippen molar-refractivity contribution in [1.29, 1.82) is 0 Å². The van der Waals surface area contributed by atoms with Crippen LogP contribution in [0, 0.1) is 10.8 Å². The molecule has 4 fully saturated rings. The van der Waals surface area contributed by atoms with Crippen LogP contribution in [0.25, 0.3) is 11.1 Å². The fourth-order valence-electron chi connectivity index (χ4n) is 11.3. The lowest BCUT2D eigenvalue weighted by atomic mass is 9.70. The Hall–Kier alpha value is -6.70. The number of benzene rings is 4. The highest BCUT2D eigenvalue weighted by atomic mass is 16.4. The SMILES string of the molecule is CCCCC1(CCCC)c2cc(NC(=O)[C@@H]3CC4(CC4)CN3C(=O)C(NC(=O)O)c3ccccc3)ccc2-c2ccc(NC(=O)[C@@H]3CC4(CC4)CN3C(=O)C(NC(=O)O)c3ccccc3)cc21. The molecule has 14 heteroatoms. The smallest absolute Gasteiger partial charge is 0.405 e. The lowest BCUT2D eigenvalue weighted by Gasteiger charge is -2.33. The molecule has 0 bridgehead atoms. The highest BCUT2D eigenvalue weighted by Crippen LogP contribution is 2.58. The molecule has 0 aromatic heterocycles. The Bertz CT molecular complexity index is 2400. The molecule has 2 saturated carbocycles. The molecule has 9 rings (SSSR count). The van der Waals surface area contributed by atoms with E-state index in [0.717, 1.165) is 86.5 Å². The van der Waals surface area contributed by atoms with Gasteiger partial charge in [-0.2, -0.15) is 0 Å². The van der Waals surface area contributed by atoms with Gasteiger partial charge >= 0.3 is 12.2 Å². The Kier molecular flexibility index (Phi) is 12.3. The summed E-state index contributed by atoms with van der Waals surface area (Å²) in [6.07, 6.45) is 7.45. The Labute approximate surface area is 390 Å². The number of unbranched alkanes of at least 4 members (excludes halogenated alkanes) is 2. The first-order valence-corrected chi connectivity index (χ1v) is 23.9. The molecule has 6 N–H and O–H groups in total. The number of hydrogen-bond acceptors (Lipinski definition) is 6. The summed E-state index contributed by atoms with van der Waals surface area (Å²) < 4.78 is 0. The minimum atomic E-state index is -1.32. The van der Waals surface area contributed by atoms with Crippen LogP contribution in [0.4, 0.5) is 21.0 Å². The quantitative estimate of drug-likeness (QED) is 0.0640. The number of anilines is 2. The van der Waals surface area contributed by atoms with Crippen molar-refractivity contribution in [3.05, 3.63) is 119 Å². The van der Waals surface area contributed by atoms with Crippen molar-refractivity contribution in [2.75, 3.05) is 23.7 Å². The summed E-state index contributed by atoms with van der Waals surface area (Å²) in [4.78, 5) is 84.3. The molecule has 6 amide bonds. The van der Waals surface area contributed by atoms with Crippen molar-refractivity contribution in [3.8, 4) is 11.1 Å². The number of likely N-dealkylation sites (tertiary alicyclic amines) is 2. The maximum Gasteiger partial charge on any atom is 0.405 e. The molecular formula is C53H60N6O8. The molecule has 2 unspecified atom stereocenters. The van der Waals surface area contributed by atoms with Crippen LogP contribution in [-0.4, -0.2) is 81.0 Å². The molecule has 0 radical (unpaired) electrons. The van der Waals surface area contributed by atoms with Crippen LogP contribution in [0.5, 0.6) is 0 Å². The number of fused-ring (bicyclic) bond motifs is 3. The summed E-state index contributed by atoms with van der Waals surface area (Å²) in [5.41, 5.74) is 5.80. The predicted molar refractivity (Wildman–Crippen MR) is 253 cm³/mol. The zero-order valence-electron chi connectivity index (χ0n) is 38.2. The highest BCUT2D eigenvalue weighted by Gasteiger charge is 2.57. The number of hydrogen-bond donors (Lipinski definition) is 6. The van der Waals surface area contributed by atoms with E-state index in [1.807, 2.05) is 12.1 Å². The van der Waals surface area contributed by atoms with Crippen LogP contribution < -0.4 is 21.3 Å². The second kappa shape index (κ2) is 18.2. The summed E-state index contributed by atoms with van der Waals surface area (Å²) in [5, 5.41) is 30.6. The molecule has 350 valence electrons. The summed E-state index contributed by atoms with van der Waals surface area (Å²) in [6, 6.07) is 25.6. The first-order chi connectivity index (χ1) is 32.3. The number of nitrogens with zero attached hydrogens (tertiary/aromatic N) is 2. The molecule has 4 atom stereocenters. The second-order valence-electron chi connectivity index (χ2n) is 19.7. The van der Waals surface area contributed by atoms with Gasteiger partial charge in [-0.05, 0) is 120 Å². The molecule has 3 aliphatic carbocycles. The van der Waals surface area contributed by atoms with Gasteiger partial charge in [-0.3, -0.25) is 19.2 Å². The molecule has 2 aliphatic heterocycles. The predicted octanol–water partition coefficient (Wildman–Crippen LogP) is 8.99. The normalized spacial score (nSPS) is 20.6. The van der Waals surface area contributed by atoms with Crippen LogP contribution >= 0.6 is 0 Å². The molecule has 5 aliphatic rings. The van der Waals surface area contributed by atoms with Crippen molar-refractivity contribution in [2.45, 2.75) is 120 Å². The molecular weight excluding hydrogens is 849 g/mol. The highest BCUT2D eigenvalue weighted by molar-refractivity contribution is 6.01. The zero-order valence-corrected chi connectivity index (χ0v) is 38.2. The Morgan fingerprint density at radius 3 is 1.31 bits per heavy atom. The summed E-state index contributed by atoms with van der Waals surface area (Å²) >= 11 is 0. The van der Waals surface area contributed by atoms with Gasteiger partial charge in [-0.15, -0.1) is 0 Å². The summed E-state index contributed by atoms with van der Waals surface area (Å²) in [6.45, 7) is 5.11. The summed E-state index contributed by atoms with van der Waals surface area (Å²) in [7, 11) is 0. The van der Waals surface area contributed by atoms with Crippen molar-refractivity contribution in [2.24, 2.45) is 10.8 Å². The average molecular weight is 909 g/mol. The lowest BCUT2D eigenvalue weighted by molar-refractivity contribution is -0.138. The minimum Gasteiger partial charge on any atom is -0.465 e. The van der Waals surface area contributed by atoms with Crippen molar-refractivity contribution >= 4 is 47.2 Å². The van der Waals surface area contributed by atoms with Crippen LogP contribution in [0.2, 0.25) is 0 Å². The van der Waals surface area contributed by atoms with Gasteiger partial charge in [0.15, 0.2) is 0 Å². The van der Waals surface area contributed by atoms with E-state index < -0.39 is 53.6 Å². The van der Waals surface area contributed by atoms with Gasteiger partial charge in [0.05, 0.1) is 0 Å². The third kappa shape index (κ3) is 8.97. The molecule has 4 aromatic carbocycles. The lowest BCUT2D eigenvalue weighted by Crippen LogP contribution is -2.48. The molecule has 4 aromatic rings. The minimum absolute atomic E-state index is 0.155. The average Bonchev–Trinajstić information content (AvgIpc) is 4.16. The van der Waals surface area contributed by atoms with Crippen molar-refractivity contribution < 1.29 is 39.0 Å². The van der Waals surface area contributed by atoms with Gasteiger partial charge in [-0.25, -0.2) is 9.59 Å². The van der Waals surface area contributed by atoms with Gasteiger partial charge in [0.25, 0.3) is 11.8 Å². The first-order valence-electron chi connectivity index (χ1n) is 23.9. The van der Waals surface area contributed by atoms with E-state index in [1.165, 1.54) is 0 Å². The van der Waals surface area contributed by atoms with Crippen LogP contribution in [-0.2, 0) is 24.6 Å². The third-order valence-electron chi connectivity index (χ3n) is 15.2. The number of nitrogens with one attached hydrogen (secondary N) is 4. The standard InChI is InChI=1S/C53H60N6O8/c1-3-5-21-53(22-6-4-2)39-27-35(54-45(60)41-29-51(23-24-51)31-58(41)47(62)43(56-49(64)65)33-13-9-7-10-14-33)17-19-37(39)38-20-18-36(28-40(38)53)55-46(61)42-30-52(25-26-52)32-59(42)48(63)44(57-50(66)67)34-15-11-8-12-16-34/h7-20,27-28,41-44,56-57H,3-6,21-26,29-32H2,1-2H3,(H,54,60)(H,55,61)(H,64,65)(H,66,67)/t41-,42-,43?,44?/m0/s1. The molecule has 2 heterocycles. The van der Waals surface area contributed by atoms with Gasteiger partial charge in [-0.1, -0.05) is 112 Å². The van der Waals surface area contributed by atoms with Crippen molar-refractivity contribution in [1.82, 2.24) is 20.4 Å². The van der Waals surface area contributed by atoms with E-state index in [-0.39, 0.29) is 22.6 Å². The van der Waals surface area contributed by atoms with E-state index in [0.29, 0.717) is 48.4 Å². The maximum atomic E-state index is 14.4. The van der Waals surface area contributed by atoms with E-state index in [1.54, 1.807) is 70.5 Å². The maximum absolute atomic E-state index is 14.4. The number of carbonyl (C=O) groups excluding carboxylic acids is 4. The van der Waals surface area contributed by atoms with Crippen molar-refractivity contribution in [3.63, 3.8) is 0 Å². The molecule has 14 nitrogen and oxygen atoms in total. The summed E-state index contributed by atoms with van der Waals surface area (Å²) in [5.74, 6) is -1.52. The molecule has 2 saturated heterocycles. The third-order valence-corrected chi connectivity index (χ3v) is 15.2. The van der Waals surface area contributed by atoms with E-state index in [9.17, 15) is 39.0 Å². The van der Waals surface area contributed by atoms with Crippen LogP contribution in [0.15, 0.2) is 97.1 Å². The van der Waals surface area contributed by atoms with E-state index in [4.69, 9.17) is 0 Å². The Morgan fingerprint density at radius 2 is 0.970 bits per heavy atom. The number of rotatable bonds is 16. The van der Waals surface area contributed by atoms with Crippen LogP contribution in [0.1, 0.15) is 125 Å². The fraction of sp³-hybridized carbons (Fsp3) is 0.434.